The van der Waals surface area contributed by atoms with Crippen LogP contribution in [0.25, 0.3) is 0 Å². The summed E-state index contributed by atoms with van der Waals surface area (Å²) in [7, 11) is 1.46. The molecular formula is C24H30O5. The van der Waals surface area contributed by atoms with Crippen LogP contribution in [0.5, 0.6) is 0 Å². The lowest BCUT2D eigenvalue weighted by atomic mass is 9.48. The quantitative estimate of drug-likeness (QED) is 0.495. The molecule has 0 bridgehead atoms. The number of carbonyl (C=O) groups excluding carboxylic acids is 3. The van der Waals surface area contributed by atoms with E-state index in [1.165, 1.54) is 12.7 Å². The van der Waals surface area contributed by atoms with E-state index in [1.54, 1.807) is 6.08 Å². The SMILES string of the molecule is COC(=O)[C@@H]1CC2=CC(=O)CC[C@]2(C)C2=CC[C@@]3(C)C(CCC34CCC(=O)O4)C21. The molecular weight excluding hydrogens is 368 g/mol. The average Bonchev–Trinajstić information content (AvgIpc) is 3.22. The first kappa shape index (κ1) is 19.1. The van der Waals surface area contributed by atoms with E-state index in [-0.39, 0.29) is 46.3 Å². The van der Waals surface area contributed by atoms with Crippen LogP contribution in [0.1, 0.15) is 65.2 Å². The summed E-state index contributed by atoms with van der Waals surface area (Å²) in [5, 5.41) is 0. The van der Waals surface area contributed by atoms with E-state index >= 15 is 0 Å². The predicted octanol–water partition coefficient (Wildman–Crippen LogP) is 3.91. The third-order valence-corrected chi connectivity index (χ3v) is 9.23. The zero-order valence-corrected chi connectivity index (χ0v) is 17.6. The fraction of sp³-hybridized carbons (Fsp3) is 0.708. The van der Waals surface area contributed by atoms with Crippen LogP contribution in [0.2, 0.25) is 0 Å². The molecule has 5 nitrogen and oxygen atoms in total. The van der Waals surface area contributed by atoms with Gasteiger partial charge in [0.15, 0.2) is 5.78 Å². The normalized spacial score (nSPS) is 45.7. The van der Waals surface area contributed by atoms with Crippen LogP contribution >= 0.6 is 0 Å². The van der Waals surface area contributed by atoms with Gasteiger partial charge < -0.3 is 9.47 Å². The lowest BCUT2D eigenvalue weighted by Gasteiger charge is -2.56. The molecule has 29 heavy (non-hydrogen) atoms. The van der Waals surface area contributed by atoms with Gasteiger partial charge in [0.2, 0.25) is 0 Å². The second-order valence-corrected chi connectivity index (χ2v) is 10.2. The predicted molar refractivity (Wildman–Crippen MR) is 106 cm³/mol. The second kappa shape index (κ2) is 6.05. The Kier molecular flexibility index (Phi) is 3.98. The molecule has 3 unspecified atom stereocenters. The van der Waals surface area contributed by atoms with Crippen molar-refractivity contribution in [1.29, 1.82) is 0 Å². The monoisotopic (exact) mass is 398 g/mol. The van der Waals surface area contributed by atoms with E-state index in [9.17, 15) is 14.4 Å². The Morgan fingerprint density at radius 1 is 1.17 bits per heavy atom. The van der Waals surface area contributed by atoms with Crippen molar-refractivity contribution in [3.05, 3.63) is 23.3 Å². The van der Waals surface area contributed by atoms with E-state index in [0.717, 1.165) is 37.7 Å². The first-order valence-corrected chi connectivity index (χ1v) is 11.0. The molecule has 5 aliphatic rings. The third-order valence-electron chi connectivity index (χ3n) is 9.23. The van der Waals surface area contributed by atoms with Crippen molar-refractivity contribution >= 4 is 17.7 Å². The van der Waals surface area contributed by atoms with Gasteiger partial charge >= 0.3 is 11.9 Å². The van der Waals surface area contributed by atoms with Gasteiger partial charge in [0.1, 0.15) is 5.60 Å². The molecule has 1 saturated heterocycles. The number of ketones is 1. The lowest BCUT2D eigenvalue weighted by molar-refractivity contribution is -0.163. The summed E-state index contributed by atoms with van der Waals surface area (Å²) in [5.74, 6) is 0.00356. The molecule has 5 rings (SSSR count). The maximum Gasteiger partial charge on any atom is 0.309 e. The topological polar surface area (TPSA) is 69.7 Å². The van der Waals surface area contributed by atoms with Gasteiger partial charge in [-0.15, -0.1) is 0 Å². The second-order valence-electron chi connectivity index (χ2n) is 10.2. The van der Waals surface area contributed by atoms with Gasteiger partial charge in [0.05, 0.1) is 13.0 Å². The first-order chi connectivity index (χ1) is 13.7. The number of fused-ring (bicyclic) bond motifs is 6. The van der Waals surface area contributed by atoms with E-state index in [1.807, 2.05) is 0 Å². The molecule has 5 heteroatoms. The van der Waals surface area contributed by atoms with Gasteiger partial charge in [0.25, 0.3) is 0 Å². The van der Waals surface area contributed by atoms with Crippen LogP contribution in [0.15, 0.2) is 23.3 Å². The Morgan fingerprint density at radius 2 is 1.97 bits per heavy atom. The van der Waals surface area contributed by atoms with Gasteiger partial charge in [-0.2, -0.15) is 0 Å². The summed E-state index contributed by atoms with van der Waals surface area (Å²) in [4.78, 5) is 37.1. The highest BCUT2D eigenvalue weighted by atomic mass is 16.6. The summed E-state index contributed by atoms with van der Waals surface area (Å²) in [6.07, 6.45) is 10.1. The first-order valence-electron chi connectivity index (χ1n) is 11.0. The zero-order chi connectivity index (χ0) is 20.6. The van der Waals surface area contributed by atoms with Crippen molar-refractivity contribution in [3.8, 4) is 0 Å². The molecule has 0 amide bonds. The lowest BCUT2D eigenvalue weighted by Crippen LogP contribution is -2.53. The van der Waals surface area contributed by atoms with Crippen LogP contribution in [0.4, 0.5) is 0 Å². The Labute approximate surface area is 171 Å². The maximum atomic E-state index is 12.9. The summed E-state index contributed by atoms with van der Waals surface area (Å²) >= 11 is 0. The Balaban J connectivity index is 1.63. The Morgan fingerprint density at radius 3 is 2.66 bits per heavy atom. The smallest absolute Gasteiger partial charge is 0.309 e. The fourth-order valence-electron chi connectivity index (χ4n) is 7.53. The summed E-state index contributed by atoms with van der Waals surface area (Å²) in [6, 6.07) is 0. The number of hydrogen-bond acceptors (Lipinski definition) is 5. The average molecular weight is 398 g/mol. The van der Waals surface area contributed by atoms with Crippen molar-refractivity contribution in [1.82, 2.24) is 0 Å². The molecule has 0 aromatic carbocycles. The standard InChI is InChI=1S/C24H30O5/c1-22-8-4-15(25)12-14(22)13-16(21(27)28-3)20-17(22)5-9-23(2)18(20)6-10-24(23)11-7-19(26)29-24/h5,12,16,18,20H,4,6-11,13H2,1-3H3/t16-,18?,20?,22+,23+,24?/m1/s1. The number of ether oxygens (including phenoxy) is 2. The number of carbonyl (C=O) groups is 3. The minimum Gasteiger partial charge on any atom is -0.469 e. The highest BCUT2D eigenvalue weighted by Gasteiger charge is 2.67. The van der Waals surface area contributed by atoms with Crippen LogP contribution in [0, 0.1) is 28.6 Å². The maximum absolute atomic E-state index is 12.9. The molecule has 0 aromatic heterocycles. The molecule has 6 atom stereocenters. The Hall–Kier alpha value is -1.91. The van der Waals surface area contributed by atoms with Gasteiger partial charge in [-0.25, -0.2) is 0 Å². The van der Waals surface area contributed by atoms with Crippen molar-refractivity contribution in [3.63, 3.8) is 0 Å². The molecule has 0 aromatic rings. The van der Waals surface area contributed by atoms with Crippen LogP contribution < -0.4 is 0 Å². The zero-order valence-electron chi connectivity index (χ0n) is 17.6. The van der Waals surface area contributed by atoms with Crippen molar-refractivity contribution in [2.75, 3.05) is 7.11 Å². The van der Waals surface area contributed by atoms with E-state index < -0.39 is 5.60 Å². The molecule has 1 spiro atoms. The van der Waals surface area contributed by atoms with E-state index in [2.05, 4.69) is 19.9 Å². The number of esters is 2. The number of allylic oxidation sites excluding steroid dienone is 4. The Bertz CT molecular complexity index is 868. The minimum absolute atomic E-state index is 0.0854. The van der Waals surface area contributed by atoms with Gasteiger partial charge in [-0.1, -0.05) is 31.1 Å². The minimum atomic E-state index is -0.392. The fourth-order valence-corrected chi connectivity index (χ4v) is 7.53. The van der Waals surface area contributed by atoms with Crippen LogP contribution in [-0.4, -0.2) is 30.4 Å². The van der Waals surface area contributed by atoms with Crippen LogP contribution in [0.3, 0.4) is 0 Å². The van der Waals surface area contributed by atoms with Crippen molar-refractivity contribution in [2.24, 2.45) is 28.6 Å². The molecule has 1 heterocycles. The van der Waals surface area contributed by atoms with Gasteiger partial charge in [-0.3, -0.25) is 14.4 Å². The molecule has 156 valence electrons. The number of hydrogen-bond donors (Lipinski definition) is 0. The van der Waals surface area contributed by atoms with E-state index in [0.29, 0.717) is 19.3 Å². The molecule has 1 aliphatic heterocycles. The van der Waals surface area contributed by atoms with E-state index in [4.69, 9.17) is 9.47 Å². The van der Waals surface area contributed by atoms with Crippen molar-refractivity contribution < 1.29 is 23.9 Å². The summed E-state index contributed by atoms with van der Waals surface area (Å²) in [5.41, 5.74) is 1.72. The summed E-state index contributed by atoms with van der Waals surface area (Å²) < 4.78 is 11.2. The number of rotatable bonds is 1. The number of methoxy groups -OCH3 is 1. The molecule has 0 N–H and O–H groups in total. The van der Waals surface area contributed by atoms with Crippen LogP contribution in [-0.2, 0) is 23.9 Å². The van der Waals surface area contributed by atoms with Crippen molar-refractivity contribution in [2.45, 2.75) is 70.8 Å². The van der Waals surface area contributed by atoms with Gasteiger partial charge in [0, 0.05) is 23.7 Å². The highest BCUT2D eigenvalue weighted by Crippen LogP contribution is 2.69. The molecule has 0 radical (unpaired) electrons. The molecule has 2 saturated carbocycles. The summed E-state index contributed by atoms with van der Waals surface area (Å²) in [6.45, 7) is 4.52. The van der Waals surface area contributed by atoms with Gasteiger partial charge in [-0.05, 0) is 56.4 Å². The largest absolute Gasteiger partial charge is 0.469 e. The third kappa shape index (κ3) is 2.36. The highest BCUT2D eigenvalue weighted by molar-refractivity contribution is 5.92. The molecule has 4 aliphatic carbocycles. The molecule has 3 fully saturated rings.